The van der Waals surface area contributed by atoms with Crippen molar-refractivity contribution in [2.75, 3.05) is 19.0 Å². The molecule has 0 aliphatic carbocycles. The average molecular weight is 184 g/mol. The summed E-state index contributed by atoms with van der Waals surface area (Å²) in [4.78, 5) is 10.4. The van der Waals surface area contributed by atoms with E-state index >= 15 is 0 Å². The SMILES string of the molecule is COCCn1cc(NC(N)=O)cn1. The van der Waals surface area contributed by atoms with E-state index < -0.39 is 6.03 Å². The molecule has 0 spiro atoms. The molecule has 0 saturated heterocycles. The van der Waals surface area contributed by atoms with Gasteiger partial charge in [-0.25, -0.2) is 4.79 Å². The fraction of sp³-hybridized carbons (Fsp3) is 0.429. The van der Waals surface area contributed by atoms with Gasteiger partial charge in [0.05, 0.1) is 25.0 Å². The zero-order valence-corrected chi connectivity index (χ0v) is 7.36. The zero-order valence-electron chi connectivity index (χ0n) is 7.36. The monoisotopic (exact) mass is 184 g/mol. The molecule has 2 amide bonds. The third-order valence-electron chi connectivity index (χ3n) is 1.43. The van der Waals surface area contributed by atoms with Crippen LogP contribution in [0.5, 0.6) is 0 Å². The number of hydrogen-bond donors (Lipinski definition) is 2. The lowest BCUT2D eigenvalue weighted by molar-refractivity contribution is 0.183. The van der Waals surface area contributed by atoms with Gasteiger partial charge in [0.1, 0.15) is 0 Å². The van der Waals surface area contributed by atoms with Crippen molar-refractivity contribution in [3.8, 4) is 0 Å². The molecule has 1 aromatic heterocycles. The number of anilines is 1. The van der Waals surface area contributed by atoms with Gasteiger partial charge in [-0.2, -0.15) is 5.10 Å². The number of nitrogens with one attached hydrogen (secondary N) is 1. The second-order valence-electron chi connectivity index (χ2n) is 2.47. The van der Waals surface area contributed by atoms with Gasteiger partial charge in [0.2, 0.25) is 0 Å². The van der Waals surface area contributed by atoms with Gasteiger partial charge in [0.25, 0.3) is 0 Å². The number of carbonyl (C=O) groups is 1. The van der Waals surface area contributed by atoms with Gasteiger partial charge in [-0.05, 0) is 0 Å². The van der Waals surface area contributed by atoms with Crippen LogP contribution in [0.25, 0.3) is 0 Å². The topological polar surface area (TPSA) is 82.2 Å². The number of nitrogens with zero attached hydrogens (tertiary/aromatic N) is 2. The average Bonchev–Trinajstić information content (AvgIpc) is 2.48. The number of nitrogens with two attached hydrogens (primary N) is 1. The first-order valence-corrected chi connectivity index (χ1v) is 3.80. The standard InChI is InChI=1S/C7H12N4O2/c1-13-3-2-11-5-6(4-9-11)10-7(8)12/h4-5H,2-3H2,1H3,(H3,8,10,12). The summed E-state index contributed by atoms with van der Waals surface area (Å²) in [7, 11) is 1.62. The van der Waals surface area contributed by atoms with Crippen LogP contribution in [0.15, 0.2) is 12.4 Å². The maximum Gasteiger partial charge on any atom is 0.316 e. The quantitative estimate of drug-likeness (QED) is 0.692. The number of methoxy groups -OCH3 is 1. The Balaban J connectivity index is 2.48. The van der Waals surface area contributed by atoms with Crippen molar-refractivity contribution in [3.05, 3.63) is 12.4 Å². The lowest BCUT2D eigenvalue weighted by Crippen LogP contribution is -2.18. The van der Waals surface area contributed by atoms with Gasteiger partial charge in [-0.3, -0.25) is 4.68 Å². The summed E-state index contributed by atoms with van der Waals surface area (Å²) in [5, 5.41) is 6.39. The highest BCUT2D eigenvalue weighted by Crippen LogP contribution is 2.03. The summed E-state index contributed by atoms with van der Waals surface area (Å²) in [6.07, 6.45) is 3.21. The van der Waals surface area contributed by atoms with E-state index in [0.717, 1.165) is 0 Å². The second-order valence-corrected chi connectivity index (χ2v) is 2.47. The van der Waals surface area contributed by atoms with Crippen LogP contribution in [0.4, 0.5) is 10.5 Å². The van der Waals surface area contributed by atoms with Crippen molar-refractivity contribution in [3.63, 3.8) is 0 Å². The van der Waals surface area contributed by atoms with E-state index in [1.165, 1.54) is 6.20 Å². The summed E-state index contributed by atoms with van der Waals surface area (Å²) < 4.78 is 6.52. The van der Waals surface area contributed by atoms with Gasteiger partial charge in [0, 0.05) is 13.3 Å². The Morgan fingerprint density at radius 3 is 3.23 bits per heavy atom. The third kappa shape index (κ3) is 3.12. The van der Waals surface area contributed by atoms with Crippen LogP contribution in [-0.2, 0) is 11.3 Å². The van der Waals surface area contributed by atoms with Crippen LogP contribution in [0.2, 0.25) is 0 Å². The van der Waals surface area contributed by atoms with Crippen molar-refractivity contribution >= 4 is 11.7 Å². The molecule has 0 aliphatic rings. The van der Waals surface area contributed by atoms with Gasteiger partial charge in [-0.15, -0.1) is 0 Å². The van der Waals surface area contributed by atoms with Crippen LogP contribution in [0.3, 0.4) is 0 Å². The van der Waals surface area contributed by atoms with Crippen molar-refractivity contribution in [2.45, 2.75) is 6.54 Å². The molecule has 6 heteroatoms. The number of hydrogen-bond acceptors (Lipinski definition) is 3. The molecule has 0 atom stereocenters. The first-order valence-electron chi connectivity index (χ1n) is 3.80. The molecule has 1 rings (SSSR count). The molecule has 6 nitrogen and oxygen atoms in total. The normalized spacial score (nSPS) is 9.92. The van der Waals surface area contributed by atoms with Gasteiger partial charge < -0.3 is 15.8 Å². The molecule has 3 N–H and O–H groups in total. The first-order chi connectivity index (χ1) is 6.22. The molecule has 0 radical (unpaired) electrons. The van der Waals surface area contributed by atoms with E-state index in [0.29, 0.717) is 18.8 Å². The van der Waals surface area contributed by atoms with Crippen LogP contribution < -0.4 is 11.1 Å². The van der Waals surface area contributed by atoms with Crippen LogP contribution in [0.1, 0.15) is 0 Å². The van der Waals surface area contributed by atoms with Crippen LogP contribution in [0, 0.1) is 0 Å². The fourth-order valence-corrected chi connectivity index (χ4v) is 0.877. The van der Waals surface area contributed by atoms with E-state index in [4.69, 9.17) is 10.5 Å². The minimum atomic E-state index is -0.591. The van der Waals surface area contributed by atoms with E-state index in [9.17, 15) is 4.79 Å². The first kappa shape index (κ1) is 9.53. The molecule has 0 bridgehead atoms. The lowest BCUT2D eigenvalue weighted by Gasteiger charge is -1.98. The molecule has 0 unspecified atom stereocenters. The number of primary amides is 1. The number of rotatable bonds is 4. The Hall–Kier alpha value is -1.56. The van der Waals surface area contributed by atoms with E-state index in [1.54, 1.807) is 18.0 Å². The van der Waals surface area contributed by atoms with Crippen molar-refractivity contribution in [1.29, 1.82) is 0 Å². The summed E-state index contributed by atoms with van der Waals surface area (Å²) in [5.74, 6) is 0. The second kappa shape index (κ2) is 4.46. The molecule has 13 heavy (non-hydrogen) atoms. The summed E-state index contributed by atoms with van der Waals surface area (Å²) in [6.45, 7) is 1.23. The molecule has 1 heterocycles. The minimum Gasteiger partial charge on any atom is -0.383 e. The van der Waals surface area contributed by atoms with Crippen molar-refractivity contribution in [1.82, 2.24) is 9.78 Å². The summed E-state index contributed by atoms with van der Waals surface area (Å²) in [5.41, 5.74) is 5.51. The zero-order chi connectivity index (χ0) is 9.68. The lowest BCUT2D eigenvalue weighted by atomic mass is 10.5. The predicted octanol–water partition coefficient (Wildman–Crippen LogP) is 0.0201. The van der Waals surface area contributed by atoms with E-state index in [-0.39, 0.29) is 0 Å². The predicted molar refractivity (Wildman–Crippen MR) is 47.3 cm³/mol. The molecule has 0 aliphatic heterocycles. The summed E-state index contributed by atoms with van der Waals surface area (Å²) in [6, 6.07) is -0.591. The van der Waals surface area contributed by atoms with Gasteiger partial charge in [-0.1, -0.05) is 0 Å². The number of carbonyl (C=O) groups excluding carboxylic acids is 1. The number of urea groups is 1. The maximum absolute atomic E-state index is 10.4. The Morgan fingerprint density at radius 2 is 2.62 bits per heavy atom. The molecule has 0 aromatic carbocycles. The van der Waals surface area contributed by atoms with Crippen molar-refractivity contribution in [2.24, 2.45) is 5.73 Å². The third-order valence-corrected chi connectivity index (χ3v) is 1.43. The molecular formula is C7H12N4O2. The highest BCUT2D eigenvalue weighted by Gasteiger charge is 1.99. The van der Waals surface area contributed by atoms with E-state index in [1.807, 2.05) is 0 Å². The Bertz CT molecular complexity index is 284. The largest absolute Gasteiger partial charge is 0.383 e. The Kier molecular flexibility index (Phi) is 3.27. The summed E-state index contributed by atoms with van der Waals surface area (Å²) >= 11 is 0. The molecule has 0 fully saturated rings. The number of amides is 2. The molecule has 72 valence electrons. The molecule has 1 aromatic rings. The maximum atomic E-state index is 10.4. The Labute approximate surface area is 75.7 Å². The van der Waals surface area contributed by atoms with E-state index in [2.05, 4.69) is 10.4 Å². The van der Waals surface area contributed by atoms with Gasteiger partial charge >= 0.3 is 6.03 Å². The van der Waals surface area contributed by atoms with Crippen molar-refractivity contribution < 1.29 is 9.53 Å². The number of ether oxygens (including phenoxy) is 1. The van der Waals surface area contributed by atoms with Gasteiger partial charge in [0.15, 0.2) is 0 Å². The van der Waals surface area contributed by atoms with Crippen LogP contribution >= 0.6 is 0 Å². The molecule has 0 saturated carbocycles. The highest BCUT2D eigenvalue weighted by molar-refractivity contribution is 5.87. The highest BCUT2D eigenvalue weighted by atomic mass is 16.5. The minimum absolute atomic E-state index is 0.581. The molecular weight excluding hydrogens is 172 g/mol. The fourth-order valence-electron chi connectivity index (χ4n) is 0.877. The number of aromatic nitrogens is 2. The smallest absolute Gasteiger partial charge is 0.316 e. The Morgan fingerprint density at radius 1 is 1.85 bits per heavy atom. The van der Waals surface area contributed by atoms with Crippen LogP contribution in [-0.4, -0.2) is 29.5 Å².